The number of nitrogens with one attached hydrogen (secondary N) is 1. The lowest BCUT2D eigenvalue weighted by atomic mass is 9.73. The van der Waals surface area contributed by atoms with Crippen molar-refractivity contribution in [2.24, 2.45) is 0 Å². The molecule has 1 amide bonds. The third-order valence-corrected chi connectivity index (χ3v) is 6.92. The van der Waals surface area contributed by atoms with Gasteiger partial charge in [0, 0.05) is 6.54 Å². The molecule has 0 atom stereocenters. The predicted octanol–water partition coefficient (Wildman–Crippen LogP) is 6.30. The van der Waals surface area contributed by atoms with Gasteiger partial charge in [-0.15, -0.1) is 0 Å². The molecule has 34 heavy (non-hydrogen) atoms. The Balaban J connectivity index is 1.47. The van der Waals surface area contributed by atoms with Gasteiger partial charge < -0.3 is 10.1 Å². The van der Waals surface area contributed by atoms with Crippen molar-refractivity contribution in [2.45, 2.75) is 31.2 Å². The van der Waals surface area contributed by atoms with Crippen LogP contribution in [0.25, 0.3) is 11.1 Å². The van der Waals surface area contributed by atoms with E-state index in [-0.39, 0.29) is 5.91 Å². The molecule has 0 aliphatic heterocycles. The van der Waals surface area contributed by atoms with Crippen LogP contribution in [0.1, 0.15) is 35.1 Å². The van der Waals surface area contributed by atoms with Gasteiger partial charge in [-0.1, -0.05) is 91.0 Å². The molecule has 4 aromatic rings. The molecule has 5 rings (SSSR count). The summed E-state index contributed by atoms with van der Waals surface area (Å²) in [6.07, 6.45) is 2.62. The van der Waals surface area contributed by atoms with Gasteiger partial charge in [0.2, 0.25) is 5.91 Å². The maximum absolute atomic E-state index is 14.1. The average Bonchev–Trinajstić information content (AvgIpc) is 3.19. The van der Waals surface area contributed by atoms with Crippen molar-refractivity contribution in [3.63, 3.8) is 0 Å². The summed E-state index contributed by atoms with van der Waals surface area (Å²) in [5, 5.41) is 3.27. The Morgan fingerprint density at radius 1 is 0.735 bits per heavy atom. The molecule has 0 aromatic heterocycles. The number of rotatable bonds is 8. The Bertz CT molecular complexity index is 1230. The van der Waals surface area contributed by atoms with E-state index in [1.165, 1.54) is 5.56 Å². The first-order chi connectivity index (χ1) is 16.7. The maximum Gasteiger partial charge on any atom is 0.235 e. The lowest BCUT2D eigenvalue weighted by Gasteiger charge is -2.31. The SMILES string of the molecule is COc1ccc(CNC(=O)C2(CCCc3ccccc3)c3ccccc3-c3ccccc32)cc1. The van der Waals surface area contributed by atoms with E-state index in [0.29, 0.717) is 6.54 Å². The van der Waals surface area contributed by atoms with Gasteiger partial charge in [0.15, 0.2) is 0 Å². The predicted molar refractivity (Wildman–Crippen MR) is 137 cm³/mol. The van der Waals surface area contributed by atoms with Crippen molar-refractivity contribution in [1.29, 1.82) is 0 Å². The molecule has 1 N–H and O–H groups in total. The van der Waals surface area contributed by atoms with E-state index in [4.69, 9.17) is 4.74 Å². The molecule has 0 saturated heterocycles. The van der Waals surface area contributed by atoms with Gasteiger partial charge in [0.25, 0.3) is 0 Å². The summed E-state index contributed by atoms with van der Waals surface area (Å²) in [7, 11) is 1.66. The molecular formula is C31H29NO2. The largest absolute Gasteiger partial charge is 0.497 e. The van der Waals surface area contributed by atoms with Gasteiger partial charge in [-0.3, -0.25) is 4.79 Å². The van der Waals surface area contributed by atoms with Crippen molar-refractivity contribution in [3.05, 3.63) is 125 Å². The van der Waals surface area contributed by atoms with Crippen LogP contribution in [-0.2, 0) is 23.2 Å². The van der Waals surface area contributed by atoms with Gasteiger partial charge >= 0.3 is 0 Å². The Morgan fingerprint density at radius 3 is 1.94 bits per heavy atom. The number of methoxy groups -OCH3 is 1. The van der Waals surface area contributed by atoms with E-state index in [9.17, 15) is 4.79 Å². The van der Waals surface area contributed by atoms with E-state index in [2.05, 4.69) is 66.0 Å². The fraction of sp³-hybridized carbons (Fsp3) is 0.194. The highest BCUT2D eigenvalue weighted by atomic mass is 16.5. The van der Waals surface area contributed by atoms with E-state index < -0.39 is 5.41 Å². The number of hydrogen-bond acceptors (Lipinski definition) is 2. The quantitative estimate of drug-likeness (QED) is 0.344. The number of fused-ring (bicyclic) bond motifs is 3. The molecule has 0 saturated carbocycles. The summed E-state index contributed by atoms with van der Waals surface area (Å²) < 4.78 is 5.26. The number of aryl methyl sites for hydroxylation is 1. The molecule has 4 aromatic carbocycles. The monoisotopic (exact) mass is 447 g/mol. The summed E-state index contributed by atoms with van der Waals surface area (Å²) in [6, 6.07) is 35.1. The van der Waals surface area contributed by atoms with Crippen molar-refractivity contribution < 1.29 is 9.53 Å². The molecule has 0 fully saturated rings. The second kappa shape index (κ2) is 9.56. The highest BCUT2D eigenvalue weighted by molar-refractivity contribution is 6.00. The third-order valence-electron chi connectivity index (χ3n) is 6.92. The Kier molecular flexibility index (Phi) is 6.18. The summed E-state index contributed by atoms with van der Waals surface area (Å²) in [4.78, 5) is 14.1. The second-order valence-corrected chi connectivity index (χ2v) is 8.87. The molecule has 0 heterocycles. The molecule has 0 unspecified atom stereocenters. The molecule has 3 nitrogen and oxygen atoms in total. The minimum atomic E-state index is -0.700. The fourth-order valence-corrected chi connectivity index (χ4v) is 5.23. The van der Waals surface area contributed by atoms with E-state index >= 15 is 0 Å². The van der Waals surface area contributed by atoms with E-state index in [0.717, 1.165) is 52.8 Å². The number of hydrogen-bond donors (Lipinski definition) is 1. The van der Waals surface area contributed by atoms with Crippen LogP contribution in [0.5, 0.6) is 5.75 Å². The number of benzene rings is 4. The minimum Gasteiger partial charge on any atom is -0.497 e. The zero-order valence-corrected chi connectivity index (χ0v) is 19.5. The standard InChI is InChI=1S/C31H29NO2/c1-34-25-19-17-24(18-20-25)22-32-30(33)31(21-9-12-23-10-3-2-4-11-23)28-15-7-5-13-26(28)27-14-6-8-16-29(27)31/h2-8,10-11,13-20H,9,12,21-22H2,1H3,(H,32,33). The zero-order valence-electron chi connectivity index (χ0n) is 19.5. The Hall–Kier alpha value is -3.85. The van der Waals surface area contributed by atoms with Gasteiger partial charge in [-0.2, -0.15) is 0 Å². The van der Waals surface area contributed by atoms with Crippen LogP contribution in [-0.4, -0.2) is 13.0 Å². The highest BCUT2D eigenvalue weighted by Crippen LogP contribution is 2.51. The van der Waals surface area contributed by atoms with Crippen LogP contribution < -0.4 is 10.1 Å². The first kappa shape index (κ1) is 22.0. The zero-order chi connectivity index (χ0) is 23.4. The molecule has 1 aliphatic carbocycles. The molecule has 170 valence electrons. The highest BCUT2D eigenvalue weighted by Gasteiger charge is 2.48. The van der Waals surface area contributed by atoms with Gasteiger partial charge in [-0.05, 0) is 64.8 Å². The van der Waals surface area contributed by atoms with Gasteiger partial charge in [0.05, 0.1) is 7.11 Å². The van der Waals surface area contributed by atoms with Crippen LogP contribution in [0.4, 0.5) is 0 Å². The van der Waals surface area contributed by atoms with Crippen LogP contribution in [0, 0.1) is 0 Å². The van der Waals surface area contributed by atoms with Crippen molar-refractivity contribution in [2.75, 3.05) is 7.11 Å². The lowest BCUT2D eigenvalue weighted by molar-refractivity contribution is -0.125. The smallest absolute Gasteiger partial charge is 0.235 e. The number of carbonyl (C=O) groups excluding carboxylic acids is 1. The second-order valence-electron chi connectivity index (χ2n) is 8.87. The minimum absolute atomic E-state index is 0.0637. The van der Waals surface area contributed by atoms with Crippen LogP contribution in [0.15, 0.2) is 103 Å². The molecule has 0 radical (unpaired) electrons. The first-order valence-electron chi connectivity index (χ1n) is 11.9. The Morgan fingerprint density at radius 2 is 1.32 bits per heavy atom. The third kappa shape index (κ3) is 3.99. The van der Waals surface area contributed by atoms with Crippen molar-refractivity contribution in [1.82, 2.24) is 5.32 Å². The molecule has 1 aliphatic rings. The van der Waals surface area contributed by atoms with E-state index in [1.807, 2.05) is 42.5 Å². The number of carbonyl (C=O) groups is 1. The molecule has 3 heteroatoms. The lowest BCUT2D eigenvalue weighted by Crippen LogP contribution is -2.44. The summed E-state index contributed by atoms with van der Waals surface area (Å²) >= 11 is 0. The fourth-order valence-electron chi connectivity index (χ4n) is 5.23. The van der Waals surface area contributed by atoms with E-state index in [1.54, 1.807) is 7.11 Å². The molecular weight excluding hydrogens is 418 g/mol. The summed E-state index contributed by atoms with van der Waals surface area (Å²) in [5.74, 6) is 0.875. The Labute approximate surface area is 201 Å². The normalized spacial score (nSPS) is 13.1. The molecule has 0 spiro atoms. The first-order valence-corrected chi connectivity index (χ1v) is 11.9. The number of amides is 1. The van der Waals surface area contributed by atoms with Gasteiger partial charge in [-0.25, -0.2) is 0 Å². The van der Waals surface area contributed by atoms with Crippen molar-refractivity contribution in [3.8, 4) is 16.9 Å². The maximum atomic E-state index is 14.1. The average molecular weight is 448 g/mol. The van der Waals surface area contributed by atoms with Crippen LogP contribution in [0.2, 0.25) is 0 Å². The van der Waals surface area contributed by atoms with Crippen molar-refractivity contribution >= 4 is 5.91 Å². The van der Waals surface area contributed by atoms with Crippen LogP contribution in [0.3, 0.4) is 0 Å². The van der Waals surface area contributed by atoms with Gasteiger partial charge in [0.1, 0.15) is 11.2 Å². The summed E-state index contributed by atoms with van der Waals surface area (Å²) in [6.45, 7) is 0.480. The molecule has 0 bridgehead atoms. The summed E-state index contributed by atoms with van der Waals surface area (Å²) in [5.41, 5.74) is 6.20. The van der Waals surface area contributed by atoms with Crippen LogP contribution >= 0.6 is 0 Å². The topological polar surface area (TPSA) is 38.3 Å². The number of ether oxygens (including phenoxy) is 1.